The van der Waals surface area contributed by atoms with E-state index in [1.165, 1.54) is 0 Å². The highest BCUT2D eigenvalue weighted by Crippen LogP contribution is 2.47. The summed E-state index contributed by atoms with van der Waals surface area (Å²) >= 11 is 0. The molecule has 2 aliphatic rings. The van der Waals surface area contributed by atoms with Crippen molar-refractivity contribution >= 4 is 17.4 Å². The van der Waals surface area contributed by atoms with Crippen molar-refractivity contribution in [1.29, 1.82) is 5.26 Å². The van der Waals surface area contributed by atoms with E-state index in [2.05, 4.69) is 11.4 Å². The summed E-state index contributed by atoms with van der Waals surface area (Å²) in [5.41, 5.74) is 1.37. The second kappa shape index (κ2) is 3.17. The fourth-order valence-electron chi connectivity index (χ4n) is 2.16. The third-order valence-corrected chi connectivity index (χ3v) is 3.39. The maximum atomic E-state index is 12.1. The number of Topliss-reactive ketones (excluding diaryl/α,β-unsaturated/α-hetero) is 1. The van der Waals surface area contributed by atoms with Crippen molar-refractivity contribution in [2.24, 2.45) is 5.41 Å². The Morgan fingerprint density at radius 2 is 2.18 bits per heavy atom. The molecule has 0 aromatic heterocycles. The van der Waals surface area contributed by atoms with Crippen LogP contribution in [0.25, 0.3) is 0 Å². The molecule has 0 bridgehead atoms. The molecule has 4 heteroatoms. The summed E-state index contributed by atoms with van der Waals surface area (Å²) in [6.07, 6.45) is 1.61. The van der Waals surface area contributed by atoms with E-state index in [-0.39, 0.29) is 11.7 Å². The van der Waals surface area contributed by atoms with E-state index in [0.29, 0.717) is 24.8 Å². The number of anilines is 1. The van der Waals surface area contributed by atoms with Gasteiger partial charge in [0.1, 0.15) is 5.41 Å². The minimum absolute atomic E-state index is 0.0500. The molecule has 1 N–H and O–H groups in total. The molecule has 0 atom stereocenters. The van der Waals surface area contributed by atoms with Crippen LogP contribution in [0.1, 0.15) is 28.8 Å². The Bertz CT molecular complexity index is 580. The Morgan fingerprint density at radius 1 is 1.41 bits per heavy atom. The summed E-state index contributed by atoms with van der Waals surface area (Å²) < 4.78 is 0. The van der Waals surface area contributed by atoms with Gasteiger partial charge in [0.25, 0.3) is 0 Å². The van der Waals surface area contributed by atoms with Crippen LogP contribution in [0.4, 0.5) is 5.69 Å². The number of rotatable bonds is 2. The molecule has 1 saturated carbocycles. The average molecular weight is 226 g/mol. The number of nitrogens with one attached hydrogen (secondary N) is 1. The Labute approximate surface area is 98.2 Å². The summed E-state index contributed by atoms with van der Waals surface area (Å²) in [6.45, 7) is 0. The highest BCUT2D eigenvalue weighted by atomic mass is 16.2. The number of amides is 1. The minimum Gasteiger partial charge on any atom is -0.326 e. The molecular formula is C13H10N2O2. The fraction of sp³-hybridized carbons (Fsp3) is 0.308. The van der Waals surface area contributed by atoms with Crippen molar-refractivity contribution in [3.63, 3.8) is 0 Å². The molecule has 1 amide bonds. The molecular weight excluding hydrogens is 216 g/mol. The number of carbonyl (C=O) groups is 2. The SMILES string of the molecule is N#CC1(C(=O)c2ccc3c(c2)CC(=O)N3)CC1. The highest BCUT2D eigenvalue weighted by Gasteiger charge is 2.50. The molecule has 3 rings (SSSR count). The number of ketones is 1. The number of nitriles is 1. The zero-order chi connectivity index (χ0) is 12.0. The summed E-state index contributed by atoms with van der Waals surface area (Å²) in [6, 6.07) is 7.25. The van der Waals surface area contributed by atoms with Gasteiger partial charge in [-0.15, -0.1) is 0 Å². The van der Waals surface area contributed by atoms with Gasteiger partial charge in [0.15, 0.2) is 5.78 Å². The van der Waals surface area contributed by atoms with E-state index in [1.807, 2.05) is 0 Å². The van der Waals surface area contributed by atoms with Gasteiger partial charge in [-0.25, -0.2) is 0 Å². The van der Waals surface area contributed by atoms with Crippen LogP contribution in [0.15, 0.2) is 18.2 Å². The van der Waals surface area contributed by atoms with E-state index in [0.717, 1.165) is 11.3 Å². The lowest BCUT2D eigenvalue weighted by molar-refractivity contribution is -0.115. The second-order valence-corrected chi connectivity index (χ2v) is 4.62. The minimum atomic E-state index is -0.787. The van der Waals surface area contributed by atoms with E-state index in [1.54, 1.807) is 18.2 Å². The third-order valence-electron chi connectivity index (χ3n) is 3.39. The van der Waals surface area contributed by atoms with Gasteiger partial charge < -0.3 is 5.32 Å². The van der Waals surface area contributed by atoms with Crippen molar-refractivity contribution < 1.29 is 9.59 Å². The lowest BCUT2D eigenvalue weighted by Gasteiger charge is -2.06. The van der Waals surface area contributed by atoms with Crippen LogP contribution >= 0.6 is 0 Å². The van der Waals surface area contributed by atoms with Gasteiger partial charge in [0, 0.05) is 11.3 Å². The number of carbonyl (C=O) groups excluding carboxylic acids is 2. The van der Waals surface area contributed by atoms with Crippen LogP contribution in [0, 0.1) is 16.7 Å². The molecule has 1 aromatic carbocycles. The standard InChI is InChI=1S/C13H10N2O2/c14-7-13(3-4-13)12(17)8-1-2-10-9(5-8)6-11(16)15-10/h1-2,5H,3-4,6H2,(H,15,16). The maximum Gasteiger partial charge on any atom is 0.228 e. The first-order valence-electron chi connectivity index (χ1n) is 5.53. The van der Waals surface area contributed by atoms with Crippen LogP contribution < -0.4 is 5.32 Å². The summed E-state index contributed by atoms with van der Waals surface area (Å²) in [7, 11) is 0. The van der Waals surface area contributed by atoms with E-state index in [4.69, 9.17) is 5.26 Å². The molecule has 0 saturated heterocycles. The quantitative estimate of drug-likeness (QED) is 0.780. The molecule has 0 unspecified atom stereocenters. The largest absolute Gasteiger partial charge is 0.326 e. The summed E-state index contributed by atoms with van der Waals surface area (Å²) in [5.74, 6) is -0.159. The smallest absolute Gasteiger partial charge is 0.228 e. The summed E-state index contributed by atoms with van der Waals surface area (Å²) in [5, 5.41) is 11.7. The van der Waals surface area contributed by atoms with Gasteiger partial charge in [0.05, 0.1) is 12.5 Å². The van der Waals surface area contributed by atoms with E-state index in [9.17, 15) is 9.59 Å². The lowest BCUT2D eigenvalue weighted by atomic mass is 9.94. The predicted octanol–water partition coefficient (Wildman–Crippen LogP) is 1.67. The fourth-order valence-corrected chi connectivity index (χ4v) is 2.16. The average Bonchev–Trinajstić information content (AvgIpc) is 3.03. The first-order valence-corrected chi connectivity index (χ1v) is 5.53. The van der Waals surface area contributed by atoms with Crippen molar-refractivity contribution in [2.45, 2.75) is 19.3 Å². The Kier molecular flexibility index (Phi) is 1.87. The van der Waals surface area contributed by atoms with E-state index < -0.39 is 5.41 Å². The van der Waals surface area contributed by atoms with Crippen LogP contribution in [-0.4, -0.2) is 11.7 Å². The molecule has 1 aliphatic carbocycles. The Balaban J connectivity index is 1.96. The Morgan fingerprint density at radius 3 is 2.82 bits per heavy atom. The van der Waals surface area contributed by atoms with Crippen molar-refractivity contribution in [3.05, 3.63) is 29.3 Å². The molecule has 1 aromatic rings. The molecule has 1 heterocycles. The number of hydrogen-bond donors (Lipinski definition) is 1. The van der Waals surface area contributed by atoms with Crippen LogP contribution in [0.3, 0.4) is 0 Å². The van der Waals surface area contributed by atoms with Crippen molar-refractivity contribution in [1.82, 2.24) is 0 Å². The monoisotopic (exact) mass is 226 g/mol. The van der Waals surface area contributed by atoms with Gasteiger partial charge in [-0.1, -0.05) is 0 Å². The van der Waals surface area contributed by atoms with Gasteiger partial charge in [-0.2, -0.15) is 5.26 Å². The molecule has 84 valence electrons. The molecule has 1 fully saturated rings. The number of hydrogen-bond acceptors (Lipinski definition) is 3. The van der Waals surface area contributed by atoms with Crippen LogP contribution in [0.2, 0.25) is 0 Å². The number of benzene rings is 1. The molecule has 0 spiro atoms. The zero-order valence-corrected chi connectivity index (χ0v) is 9.12. The van der Waals surface area contributed by atoms with Gasteiger partial charge in [0.2, 0.25) is 5.91 Å². The predicted molar refractivity (Wildman–Crippen MR) is 60.4 cm³/mol. The van der Waals surface area contributed by atoms with Crippen molar-refractivity contribution in [2.75, 3.05) is 5.32 Å². The highest BCUT2D eigenvalue weighted by molar-refractivity contribution is 6.06. The second-order valence-electron chi connectivity index (χ2n) is 4.62. The topological polar surface area (TPSA) is 70.0 Å². The molecule has 4 nitrogen and oxygen atoms in total. The first-order chi connectivity index (χ1) is 8.14. The third kappa shape index (κ3) is 1.43. The maximum absolute atomic E-state index is 12.1. The van der Waals surface area contributed by atoms with Gasteiger partial charge >= 0.3 is 0 Å². The Hall–Kier alpha value is -2.15. The molecule has 17 heavy (non-hydrogen) atoms. The normalized spacial score (nSPS) is 19.1. The summed E-state index contributed by atoms with van der Waals surface area (Å²) in [4.78, 5) is 23.3. The van der Waals surface area contributed by atoms with Crippen LogP contribution in [-0.2, 0) is 11.2 Å². The molecule has 0 radical (unpaired) electrons. The van der Waals surface area contributed by atoms with Gasteiger partial charge in [-0.3, -0.25) is 9.59 Å². The number of nitrogens with zero attached hydrogens (tertiary/aromatic N) is 1. The van der Waals surface area contributed by atoms with Gasteiger partial charge in [-0.05, 0) is 36.6 Å². The first kappa shape index (κ1) is 10.0. The number of fused-ring (bicyclic) bond motifs is 1. The lowest BCUT2D eigenvalue weighted by Crippen LogP contribution is -2.13. The zero-order valence-electron chi connectivity index (χ0n) is 9.12. The van der Waals surface area contributed by atoms with E-state index >= 15 is 0 Å². The molecule has 1 aliphatic heterocycles. The van der Waals surface area contributed by atoms with Crippen molar-refractivity contribution in [3.8, 4) is 6.07 Å². The van der Waals surface area contributed by atoms with Crippen LogP contribution in [0.5, 0.6) is 0 Å².